The van der Waals surface area contributed by atoms with Gasteiger partial charge in [-0.15, -0.1) is 0 Å². The number of piperidine rings is 2. The van der Waals surface area contributed by atoms with Gasteiger partial charge in [0.05, 0.1) is 41.7 Å². The van der Waals surface area contributed by atoms with Gasteiger partial charge in [-0.2, -0.15) is 0 Å². The zero-order chi connectivity index (χ0) is 33.4. The number of hydrogen-bond donors (Lipinski definition) is 3. The zero-order valence-corrected chi connectivity index (χ0v) is 25.9. The van der Waals surface area contributed by atoms with Crippen LogP contribution in [0.5, 0.6) is 5.75 Å². The highest BCUT2D eigenvalue weighted by atomic mass is 19.1. The number of amides is 6. The molecule has 0 aliphatic carbocycles. The maximum Gasteiger partial charge on any atom is 0.264 e. The van der Waals surface area contributed by atoms with Gasteiger partial charge in [-0.05, 0) is 37.5 Å². The van der Waals surface area contributed by atoms with Crippen molar-refractivity contribution in [3.63, 3.8) is 0 Å². The van der Waals surface area contributed by atoms with Crippen LogP contribution in [0, 0.1) is 5.82 Å². The van der Waals surface area contributed by atoms with Gasteiger partial charge in [0.1, 0.15) is 11.8 Å². The Morgan fingerprint density at radius 2 is 1.72 bits per heavy atom. The molecular formula is C32H36FN7O7. The van der Waals surface area contributed by atoms with Crippen molar-refractivity contribution in [2.45, 2.75) is 37.8 Å². The van der Waals surface area contributed by atoms with E-state index in [2.05, 4.69) is 10.6 Å². The lowest BCUT2D eigenvalue weighted by atomic mass is 10.0. The lowest BCUT2D eigenvalue weighted by molar-refractivity contribution is -0.136. The van der Waals surface area contributed by atoms with Crippen molar-refractivity contribution >= 4 is 46.8 Å². The SMILES string of the molecule is COc1cc(N)c(F)c(C(=O)NC2CCN(C(=O)CN3CCN(c4cccc5c4C(=O)N(C4CCC(=O)NC4=O)C5=O)CC3)CC2)c1. The lowest BCUT2D eigenvalue weighted by Gasteiger charge is -2.38. The number of ether oxygens (including phenoxy) is 1. The molecule has 6 rings (SSSR count). The summed E-state index contributed by atoms with van der Waals surface area (Å²) in [6, 6.07) is 6.41. The number of nitrogens with zero attached hydrogens (tertiary/aromatic N) is 4. The van der Waals surface area contributed by atoms with Gasteiger partial charge in [0.25, 0.3) is 17.7 Å². The van der Waals surface area contributed by atoms with E-state index in [9.17, 15) is 33.2 Å². The molecule has 3 fully saturated rings. The van der Waals surface area contributed by atoms with Crippen LogP contribution in [-0.4, -0.2) is 115 Å². The van der Waals surface area contributed by atoms with Gasteiger partial charge < -0.3 is 25.6 Å². The van der Waals surface area contributed by atoms with E-state index in [1.54, 1.807) is 23.1 Å². The highest BCUT2D eigenvalue weighted by Gasteiger charge is 2.46. The van der Waals surface area contributed by atoms with Gasteiger partial charge in [0.2, 0.25) is 17.7 Å². The van der Waals surface area contributed by atoms with Crippen molar-refractivity contribution in [1.29, 1.82) is 0 Å². The summed E-state index contributed by atoms with van der Waals surface area (Å²) in [5.74, 6) is -3.33. The number of methoxy groups -OCH3 is 1. The fourth-order valence-corrected chi connectivity index (χ4v) is 6.64. The minimum atomic E-state index is -1.03. The minimum Gasteiger partial charge on any atom is -0.497 e. The first-order chi connectivity index (χ1) is 22.5. The average molecular weight is 650 g/mol. The topological polar surface area (TPSA) is 175 Å². The molecule has 1 atom stereocenters. The summed E-state index contributed by atoms with van der Waals surface area (Å²) in [5, 5.41) is 5.05. The number of nitrogen functional groups attached to an aromatic ring is 1. The van der Waals surface area contributed by atoms with Crippen molar-refractivity contribution in [1.82, 2.24) is 25.3 Å². The number of nitrogens with two attached hydrogens (primary N) is 1. The standard InChI is InChI=1S/C32H36FN7O7/c1-47-19-15-21(28(33)22(34)16-19)29(43)35-18-7-9-39(10-8-18)26(42)17-37-11-13-38(14-12-37)23-4-2-3-20-27(23)32(46)40(31(20)45)24-5-6-25(41)36-30(24)44/h2-4,15-16,18,24H,5-14,17,34H2,1H3,(H,35,43)(H,36,41,44). The molecule has 4 N–H and O–H groups in total. The molecule has 248 valence electrons. The van der Waals surface area contributed by atoms with Crippen LogP contribution >= 0.6 is 0 Å². The van der Waals surface area contributed by atoms with Crippen molar-refractivity contribution < 1.29 is 37.9 Å². The van der Waals surface area contributed by atoms with E-state index in [-0.39, 0.29) is 59.5 Å². The van der Waals surface area contributed by atoms with Crippen LogP contribution < -0.4 is 26.0 Å². The summed E-state index contributed by atoms with van der Waals surface area (Å²) in [4.78, 5) is 83.4. The number of rotatable bonds is 7. The lowest BCUT2D eigenvalue weighted by Crippen LogP contribution is -2.54. The molecule has 0 aromatic heterocycles. The summed E-state index contributed by atoms with van der Waals surface area (Å²) in [7, 11) is 1.40. The van der Waals surface area contributed by atoms with Gasteiger partial charge in [0, 0.05) is 57.8 Å². The maximum atomic E-state index is 14.5. The molecule has 0 bridgehead atoms. The number of hydrogen-bond acceptors (Lipinski definition) is 10. The number of likely N-dealkylation sites (tertiary alicyclic amines) is 1. The van der Waals surface area contributed by atoms with Crippen LogP contribution in [0.15, 0.2) is 30.3 Å². The van der Waals surface area contributed by atoms with E-state index in [1.807, 2.05) is 9.80 Å². The van der Waals surface area contributed by atoms with Crippen molar-refractivity contribution in [2.75, 3.05) is 63.6 Å². The Kier molecular flexibility index (Phi) is 8.82. The highest BCUT2D eigenvalue weighted by Crippen LogP contribution is 2.34. The minimum absolute atomic E-state index is 0.0314. The molecule has 0 radical (unpaired) electrons. The number of imide groups is 2. The third-order valence-corrected chi connectivity index (χ3v) is 9.26. The Bertz CT molecular complexity index is 1650. The number of fused-ring (bicyclic) bond motifs is 1. The summed E-state index contributed by atoms with van der Waals surface area (Å²) in [6.45, 7) is 3.25. The molecule has 2 aromatic rings. The van der Waals surface area contributed by atoms with Gasteiger partial charge in [-0.1, -0.05) is 6.07 Å². The second-order valence-electron chi connectivity index (χ2n) is 12.1. The summed E-state index contributed by atoms with van der Waals surface area (Å²) in [5.41, 5.74) is 6.38. The first-order valence-electron chi connectivity index (χ1n) is 15.6. The van der Waals surface area contributed by atoms with Crippen LogP contribution in [0.1, 0.15) is 56.8 Å². The van der Waals surface area contributed by atoms with Gasteiger partial charge in [-0.3, -0.25) is 43.9 Å². The number of halogens is 1. The number of benzene rings is 2. The smallest absolute Gasteiger partial charge is 0.264 e. The van der Waals surface area contributed by atoms with E-state index in [4.69, 9.17) is 10.5 Å². The first-order valence-corrected chi connectivity index (χ1v) is 15.6. The Labute approximate surface area is 269 Å². The van der Waals surface area contributed by atoms with Crippen molar-refractivity contribution in [3.8, 4) is 5.75 Å². The third kappa shape index (κ3) is 6.22. The molecule has 2 aromatic carbocycles. The van der Waals surface area contributed by atoms with Crippen molar-refractivity contribution in [3.05, 3.63) is 52.8 Å². The number of carbonyl (C=O) groups excluding carboxylic acids is 6. The van der Waals surface area contributed by atoms with E-state index < -0.39 is 41.4 Å². The summed E-state index contributed by atoms with van der Waals surface area (Å²) in [6.07, 6.45) is 1.18. The molecule has 47 heavy (non-hydrogen) atoms. The Morgan fingerprint density at radius 1 is 1.00 bits per heavy atom. The molecule has 0 saturated carbocycles. The molecule has 4 aliphatic heterocycles. The van der Waals surface area contributed by atoms with E-state index in [1.165, 1.54) is 19.2 Å². The Hall–Kier alpha value is -5.05. The van der Waals surface area contributed by atoms with Gasteiger partial charge >= 0.3 is 0 Å². The molecule has 1 unspecified atom stereocenters. The van der Waals surface area contributed by atoms with Crippen LogP contribution in [0.25, 0.3) is 0 Å². The predicted octanol–water partition coefficient (Wildman–Crippen LogP) is 0.361. The molecular weight excluding hydrogens is 613 g/mol. The maximum absolute atomic E-state index is 14.5. The molecule has 4 heterocycles. The normalized spacial score (nSPS) is 20.7. The fraction of sp³-hybridized carbons (Fsp3) is 0.438. The number of nitrogens with one attached hydrogen (secondary N) is 2. The highest BCUT2D eigenvalue weighted by molar-refractivity contribution is 6.25. The average Bonchev–Trinajstić information content (AvgIpc) is 3.32. The first kappa shape index (κ1) is 31.9. The molecule has 0 spiro atoms. The van der Waals surface area contributed by atoms with E-state index in [0.29, 0.717) is 57.8 Å². The van der Waals surface area contributed by atoms with Crippen molar-refractivity contribution in [2.24, 2.45) is 0 Å². The fourth-order valence-electron chi connectivity index (χ4n) is 6.64. The van der Waals surface area contributed by atoms with Crippen LogP contribution in [0.2, 0.25) is 0 Å². The summed E-state index contributed by atoms with van der Waals surface area (Å²) < 4.78 is 19.6. The van der Waals surface area contributed by atoms with E-state index >= 15 is 0 Å². The van der Waals surface area contributed by atoms with E-state index in [0.717, 1.165) is 4.90 Å². The molecule has 4 aliphatic rings. The monoisotopic (exact) mass is 649 g/mol. The second kappa shape index (κ2) is 13.0. The Balaban J connectivity index is 1.00. The largest absolute Gasteiger partial charge is 0.497 e. The number of piperazine rings is 1. The van der Waals surface area contributed by atoms with Crippen LogP contribution in [-0.2, 0) is 14.4 Å². The van der Waals surface area contributed by atoms with Crippen LogP contribution in [0.4, 0.5) is 15.8 Å². The van der Waals surface area contributed by atoms with Gasteiger partial charge in [0.15, 0.2) is 5.82 Å². The van der Waals surface area contributed by atoms with Gasteiger partial charge in [-0.25, -0.2) is 4.39 Å². The second-order valence-corrected chi connectivity index (χ2v) is 12.1. The molecule has 15 heteroatoms. The molecule has 14 nitrogen and oxygen atoms in total. The third-order valence-electron chi connectivity index (χ3n) is 9.26. The molecule has 6 amide bonds. The quantitative estimate of drug-likeness (QED) is 0.281. The Morgan fingerprint density at radius 3 is 2.40 bits per heavy atom. The summed E-state index contributed by atoms with van der Waals surface area (Å²) >= 11 is 0. The van der Waals surface area contributed by atoms with Crippen LogP contribution in [0.3, 0.4) is 0 Å². The zero-order valence-electron chi connectivity index (χ0n) is 25.9. The number of anilines is 2. The molecule has 3 saturated heterocycles. The predicted molar refractivity (Wildman–Crippen MR) is 166 cm³/mol. The number of carbonyl (C=O) groups is 6.